The minimum Gasteiger partial charge on any atom is -0.496 e. The first-order valence-corrected chi connectivity index (χ1v) is 8.32. The van der Waals surface area contributed by atoms with Crippen LogP contribution in [-0.4, -0.2) is 39.6 Å². The van der Waals surface area contributed by atoms with E-state index in [2.05, 4.69) is 9.50 Å². The molecule has 0 aromatic heterocycles. The Hall–Kier alpha value is -2.67. The zero-order chi connectivity index (χ0) is 16.4. The first kappa shape index (κ1) is 15.2. The van der Waals surface area contributed by atoms with Crippen molar-refractivity contribution >= 4 is 22.1 Å². The van der Waals surface area contributed by atoms with Gasteiger partial charge in [-0.2, -0.15) is 13.5 Å². The predicted molar refractivity (Wildman–Crippen MR) is 88.5 cm³/mol. The van der Waals surface area contributed by atoms with E-state index in [0.29, 0.717) is 17.1 Å². The molecule has 23 heavy (non-hydrogen) atoms. The van der Waals surface area contributed by atoms with Gasteiger partial charge in [0.2, 0.25) is 0 Å². The molecule has 0 unspecified atom stereocenters. The van der Waals surface area contributed by atoms with Crippen LogP contribution >= 0.6 is 0 Å². The maximum atomic E-state index is 12.1. The number of hydrazone groups is 1. The van der Waals surface area contributed by atoms with Crippen LogP contribution in [0.25, 0.3) is 0 Å². The monoisotopic (exact) mass is 329 g/mol. The molecule has 1 aliphatic rings. The average molecular weight is 329 g/mol. The van der Waals surface area contributed by atoms with Gasteiger partial charge >= 0.3 is 0 Å². The molecule has 1 heterocycles. The Morgan fingerprint density at radius 2 is 1.83 bits per heavy atom. The number of amidine groups is 1. The summed E-state index contributed by atoms with van der Waals surface area (Å²) in [4.78, 5) is 0.203. The molecule has 0 aliphatic carbocycles. The van der Waals surface area contributed by atoms with Crippen molar-refractivity contribution in [3.8, 4) is 5.75 Å². The number of rotatable bonds is 3. The lowest BCUT2D eigenvalue weighted by Gasteiger charge is -2.12. The van der Waals surface area contributed by atoms with Gasteiger partial charge in [-0.1, -0.05) is 24.3 Å². The number of fused-ring (bicyclic) bond motifs is 1. The molecule has 0 spiro atoms. The van der Waals surface area contributed by atoms with E-state index in [1.165, 1.54) is 5.01 Å². The number of benzene rings is 2. The molecule has 118 valence electrons. The lowest BCUT2D eigenvalue weighted by molar-refractivity contribution is 0.414. The average Bonchev–Trinajstić information content (AvgIpc) is 2.85. The van der Waals surface area contributed by atoms with Crippen LogP contribution in [0.15, 0.2) is 62.9 Å². The van der Waals surface area contributed by atoms with Gasteiger partial charge in [-0.05, 0) is 24.3 Å². The van der Waals surface area contributed by atoms with Crippen LogP contribution in [0.3, 0.4) is 0 Å². The molecule has 0 saturated carbocycles. The van der Waals surface area contributed by atoms with Gasteiger partial charge in [0.05, 0.1) is 13.3 Å². The third-order valence-corrected chi connectivity index (χ3v) is 4.75. The molecule has 6 nitrogen and oxygen atoms in total. The van der Waals surface area contributed by atoms with Gasteiger partial charge in [-0.15, -0.1) is 4.40 Å². The number of nitrogens with zero attached hydrogens (tertiary/aromatic N) is 3. The lowest BCUT2D eigenvalue weighted by atomic mass is 10.2. The Morgan fingerprint density at radius 3 is 2.61 bits per heavy atom. The number of hydrogen-bond donors (Lipinski definition) is 0. The van der Waals surface area contributed by atoms with Crippen molar-refractivity contribution in [1.82, 2.24) is 5.01 Å². The minimum atomic E-state index is -3.65. The van der Waals surface area contributed by atoms with Crippen LogP contribution in [-0.2, 0) is 10.0 Å². The van der Waals surface area contributed by atoms with Gasteiger partial charge in [-0.25, -0.2) is 5.01 Å². The predicted octanol–water partition coefficient (Wildman–Crippen LogP) is 2.11. The second-order valence-corrected chi connectivity index (χ2v) is 6.47. The molecule has 0 radical (unpaired) electrons. The maximum Gasteiger partial charge on any atom is 0.285 e. The quantitative estimate of drug-likeness (QED) is 0.639. The van der Waals surface area contributed by atoms with Gasteiger partial charge in [0, 0.05) is 18.2 Å². The van der Waals surface area contributed by atoms with Gasteiger partial charge < -0.3 is 4.74 Å². The summed E-state index contributed by atoms with van der Waals surface area (Å²) in [5.41, 5.74) is 1.34. The van der Waals surface area contributed by atoms with Crippen LogP contribution in [0.2, 0.25) is 0 Å². The SMILES string of the molecule is COc1ccccc1C=NN(C)C1=NS(=O)(=O)c2ccccc21. The third-order valence-electron chi connectivity index (χ3n) is 3.43. The van der Waals surface area contributed by atoms with Crippen LogP contribution in [0.5, 0.6) is 5.75 Å². The summed E-state index contributed by atoms with van der Waals surface area (Å²) in [5.74, 6) is 0.984. The van der Waals surface area contributed by atoms with E-state index in [9.17, 15) is 8.42 Å². The van der Waals surface area contributed by atoms with E-state index in [1.54, 1.807) is 44.6 Å². The zero-order valence-corrected chi connectivity index (χ0v) is 13.5. The molecule has 3 rings (SSSR count). The fourth-order valence-corrected chi connectivity index (χ4v) is 3.53. The normalized spacial score (nSPS) is 15.3. The molecule has 1 aliphatic heterocycles. The summed E-state index contributed by atoms with van der Waals surface area (Å²) in [7, 11) is -0.409. The Labute approximate surface area is 134 Å². The summed E-state index contributed by atoms with van der Waals surface area (Å²) in [6.07, 6.45) is 1.61. The summed E-state index contributed by atoms with van der Waals surface area (Å²) < 4.78 is 33.2. The van der Waals surface area contributed by atoms with E-state index in [1.807, 2.05) is 24.3 Å². The molecule has 0 N–H and O–H groups in total. The topological polar surface area (TPSA) is 71.3 Å². The van der Waals surface area contributed by atoms with Gasteiger partial charge in [0.25, 0.3) is 10.0 Å². The highest BCUT2D eigenvalue weighted by Crippen LogP contribution is 2.27. The lowest BCUT2D eigenvalue weighted by Crippen LogP contribution is -2.21. The van der Waals surface area contributed by atoms with Crippen LogP contribution < -0.4 is 4.74 Å². The Morgan fingerprint density at radius 1 is 1.13 bits per heavy atom. The molecule has 0 atom stereocenters. The van der Waals surface area contributed by atoms with Gasteiger partial charge in [0.1, 0.15) is 10.6 Å². The Bertz CT molecular complexity index is 904. The van der Waals surface area contributed by atoms with E-state index >= 15 is 0 Å². The number of hydrogen-bond acceptors (Lipinski definition) is 5. The van der Waals surface area contributed by atoms with Crippen molar-refractivity contribution in [2.75, 3.05) is 14.2 Å². The van der Waals surface area contributed by atoms with Crippen LogP contribution in [0, 0.1) is 0 Å². The first-order chi connectivity index (χ1) is 11.0. The zero-order valence-electron chi connectivity index (χ0n) is 12.7. The van der Waals surface area contributed by atoms with Crippen molar-refractivity contribution in [2.45, 2.75) is 4.90 Å². The summed E-state index contributed by atoms with van der Waals surface area (Å²) in [5, 5.41) is 5.72. The second kappa shape index (κ2) is 5.85. The fraction of sp³-hybridized carbons (Fsp3) is 0.125. The highest BCUT2D eigenvalue weighted by molar-refractivity contribution is 7.90. The highest BCUT2D eigenvalue weighted by atomic mass is 32.2. The van der Waals surface area contributed by atoms with Crippen molar-refractivity contribution in [3.05, 3.63) is 59.7 Å². The van der Waals surface area contributed by atoms with Crippen molar-refractivity contribution in [1.29, 1.82) is 0 Å². The first-order valence-electron chi connectivity index (χ1n) is 6.88. The molecule has 0 saturated heterocycles. The fourth-order valence-electron chi connectivity index (χ4n) is 2.30. The summed E-state index contributed by atoms with van der Waals surface area (Å²) >= 11 is 0. The van der Waals surface area contributed by atoms with Crippen LogP contribution in [0.1, 0.15) is 11.1 Å². The summed E-state index contributed by atoms with van der Waals surface area (Å²) in [6, 6.07) is 14.1. The minimum absolute atomic E-state index is 0.203. The summed E-state index contributed by atoms with van der Waals surface area (Å²) in [6.45, 7) is 0. The molecular weight excluding hydrogens is 314 g/mol. The Balaban J connectivity index is 1.93. The van der Waals surface area contributed by atoms with Crippen LogP contribution in [0.4, 0.5) is 0 Å². The van der Waals surface area contributed by atoms with E-state index in [4.69, 9.17) is 4.74 Å². The number of para-hydroxylation sites is 1. The molecule has 0 bridgehead atoms. The Kier molecular flexibility index (Phi) is 3.87. The molecule has 7 heteroatoms. The molecule has 0 fully saturated rings. The standard InChI is InChI=1S/C16H15N3O3S/c1-19(17-11-12-7-3-5-9-14(12)22-2)16-13-8-4-6-10-15(13)23(20,21)18-16/h3-11H,1-2H3. The van der Waals surface area contributed by atoms with E-state index in [-0.39, 0.29) is 4.90 Å². The second-order valence-electron chi connectivity index (χ2n) is 4.90. The number of ether oxygens (including phenoxy) is 1. The third kappa shape index (κ3) is 2.83. The number of methoxy groups -OCH3 is 1. The smallest absolute Gasteiger partial charge is 0.285 e. The van der Waals surface area contributed by atoms with Gasteiger partial charge in [-0.3, -0.25) is 0 Å². The van der Waals surface area contributed by atoms with Crippen molar-refractivity contribution in [2.24, 2.45) is 9.50 Å². The highest BCUT2D eigenvalue weighted by Gasteiger charge is 2.30. The van der Waals surface area contributed by atoms with E-state index < -0.39 is 10.0 Å². The van der Waals surface area contributed by atoms with E-state index in [0.717, 1.165) is 5.56 Å². The molecular formula is C16H15N3O3S. The van der Waals surface area contributed by atoms with Crippen molar-refractivity contribution in [3.63, 3.8) is 0 Å². The molecule has 0 amide bonds. The number of sulfonamides is 1. The molecule has 2 aromatic rings. The van der Waals surface area contributed by atoms with Gasteiger partial charge in [0.15, 0.2) is 5.84 Å². The largest absolute Gasteiger partial charge is 0.496 e. The van der Waals surface area contributed by atoms with Crippen molar-refractivity contribution < 1.29 is 13.2 Å². The maximum absolute atomic E-state index is 12.1. The molecule has 2 aromatic carbocycles.